The van der Waals surface area contributed by atoms with E-state index in [1.807, 2.05) is 11.6 Å². The minimum Gasteiger partial charge on any atom is -0.392 e. The van der Waals surface area contributed by atoms with E-state index in [1.54, 1.807) is 0 Å². The van der Waals surface area contributed by atoms with E-state index in [0.29, 0.717) is 12.6 Å². The van der Waals surface area contributed by atoms with Crippen molar-refractivity contribution < 1.29 is 5.11 Å². The van der Waals surface area contributed by atoms with E-state index in [2.05, 4.69) is 34.6 Å². The zero-order valence-electron chi connectivity index (χ0n) is 16.2. The van der Waals surface area contributed by atoms with Gasteiger partial charge < -0.3 is 15.7 Å². The molecule has 1 aromatic heterocycles. The van der Waals surface area contributed by atoms with Crippen LogP contribution in [0.15, 0.2) is 4.99 Å². The van der Waals surface area contributed by atoms with Crippen LogP contribution in [0.4, 0.5) is 0 Å². The van der Waals surface area contributed by atoms with E-state index in [0.717, 1.165) is 62.8 Å². The number of aromatic nitrogens is 3. The average molecular weight is 476 g/mol. The fraction of sp³-hybridized carbons (Fsp3) is 0.833. The molecule has 148 valence electrons. The molecule has 0 radical (unpaired) electrons. The maximum Gasteiger partial charge on any atom is 0.191 e. The molecule has 8 heteroatoms. The first-order valence-corrected chi connectivity index (χ1v) is 9.63. The standard InChI is InChI=1S/C18H32N6O.HI/c1-4-19-17(20-12-18(3)10-6-5-7-15(18)25)22-14-8-9-16-21-13(2)23-24(16)11-14;/h14-15,25H,4-12H2,1-3H3,(H2,19,20,22);1H. The van der Waals surface area contributed by atoms with Gasteiger partial charge in [-0.25, -0.2) is 9.67 Å². The number of aliphatic hydroxyl groups is 1. The van der Waals surface area contributed by atoms with E-state index in [-0.39, 0.29) is 35.5 Å². The molecule has 3 N–H and O–H groups in total. The summed E-state index contributed by atoms with van der Waals surface area (Å²) in [6, 6.07) is 0.301. The Morgan fingerprint density at radius 2 is 2.19 bits per heavy atom. The largest absolute Gasteiger partial charge is 0.392 e. The summed E-state index contributed by atoms with van der Waals surface area (Å²) in [5.41, 5.74) is -0.108. The summed E-state index contributed by atoms with van der Waals surface area (Å²) in [4.78, 5) is 9.27. The van der Waals surface area contributed by atoms with Crippen molar-refractivity contribution in [3.8, 4) is 0 Å². The second-order valence-corrected chi connectivity index (χ2v) is 7.75. The third-order valence-electron chi connectivity index (χ3n) is 5.53. The van der Waals surface area contributed by atoms with Gasteiger partial charge in [0, 0.05) is 24.4 Å². The Morgan fingerprint density at radius 1 is 1.38 bits per heavy atom. The Balaban J connectivity index is 0.00000243. The number of aryl methyl sites for hydroxylation is 2. The van der Waals surface area contributed by atoms with Crippen LogP contribution in [0.5, 0.6) is 0 Å². The van der Waals surface area contributed by atoms with E-state index in [9.17, 15) is 5.11 Å². The van der Waals surface area contributed by atoms with Crippen molar-refractivity contribution >= 4 is 29.9 Å². The topological polar surface area (TPSA) is 87.4 Å². The van der Waals surface area contributed by atoms with Gasteiger partial charge in [-0.05, 0) is 33.1 Å². The van der Waals surface area contributed by atoms with Gasteiger partial charge >= 0.3 is 0 Å². The SMILES string of the molecule is CCNC(=NCC1(C)CCCCC1O)NC1CCc2nc(C)nn2C1.I. The number of hydrogen-bond donors (Lipinski definition) is 3. The number of halogens is 1. The maximum absolute atomic E-state index is 10.4. The quantitative estimate of drug-likeness (QED) is 0.352. The summed E-state index contributed by atoms with van der Waals surface area (Å²) in [7, 11) is 0. The molecule has 7 nitrogen and oxygen atoms in total. The third kappa shape index (κ3) is 5.09. The normalized spacial score (nSPS) is 28.8. The van der Waals surface area contributed by atoms with E-state index in [1.165, 1.54) is 6.42 Å². The van der Waals surface area contributed by atoms with Gasteiger partial charge in [-0.1, -0.05) is 19.8 Å². The van der Waals surface area contributed by atoms with Gasteiger partial charge in [0.25, 0.3) is 0 Å². The van der Waals surface area contributed by atoms with Gasteiger partial charge in [0.1, 0.15) is 11.6 Å². The first kappa shape index (κ1) is 21.4. The van der Waals surface area contributed by atoms with Gasteiger partial charge in [-0.2, -0.15) is 5.10 Å². The highest BCUT2D eigenvalue weighted by Gasteiger charge is 2.35. The van der Waals surface area contributed by atoms with Gasteiger partial charge in [-0.3, -0.25) is 4.99 Å². The van der Waals surface area contributed by atoms with Crippen LogP contribution < -0.4 is 10.6 Å². The summed E-state index contributed by atoms with van der Waals surface area (Å²) in [6.45, 7) is 8.48. The monoisotopic (exact) mass is 476 g/mol. The van der Waals surface area contributed by atoms with Crippen molar-refractivity contribution in [2.45, 2.75) is 78.0 Å². The zero-order valence-corrected chi connectivity index (χ0v) is 18.5. The number of hydrogen-bond acceptors (Lipinski definition) is 4. The molecule has 0 saturated heterocycles. The van der Waals surface area contributed by atoms with Gasteiger partial charge in [0.05, 0.1) is 19.2 Å². The first-order chi connectivity index (χ1) is 12.0. The molecule has 3 atom stereocenters. The van der Waals surface area contributed by atoms with Crippen LogP contribution >= 0.6 is 24.0 Å². The van der Waals surface area contributed by atoms with Crippen molar-refractivity contribution in [1.82, 2.24) is 25.4 Å². The Kier molecular flexibility index (Phi) is 7.69. The number of aliphatic imine (C=N–C) groups is 1. The summed E-state index contributed by atoms with van der Waals surface area (Å²) < 4.78 is 2.01. The van der Waals surface area contributed by atoms with Crippen LogP contribution in [0.2, 0.25) is 0 Å². The second-order valence-electron chi connectivity index (χ2n) is 7.75. The Hall–Kier alpha value is -0.900. The smallest absolute Gasteiger partial charge is 0.191 e. The lowest BCUT2D eigenvalue weighted by Gasteiger charge is -2.37. The fourth-order valence-electron chi connectivity index (χ4n) is 3.89. The molecule has 0 bridgehead atoms. The predicted molar refractivity (Wildman–Crippen MR) is 114 cm³/mol. The van der Waals surface area contributed by atoms with Gasteiger partial charge in [-0.15, -0.1) is 24.0 Å². The van der Waals surface area contributed by atoms with Crippen molar-refractivity contribution in [2.24, 2.45) is 10.4 Å². The van der Waals surface area contributed by atoms with E-state index >= 15 is 0 Å². The minimum absolute atomic E-state index is 0. The molecule has 0 spiro atoms. The van der Waals surface area contributed by atoms with Gasteiger partial charge in [0.2, 0.25) is 0 Å². The lowest BCUT2D eigenvalue weighted by molar-refractivity contribution is 0.00715. The molecule has 3 unspecified atom stereocenters. The maximum atomic E-state index is 10.4. The fourth-order valence-corrected chi connectivity index (χ4v) is 3.89. The Labute approximate surface area is 173 Å². The molecule has 2 heterocycles. The lowest BCUT2D eigenvalue weighted by atomic mass is 9.73. The molecular weight excluding hydrogens is 443 g/mol. The summed E-state index contributed by atoms with van der Waals surface area (Å²) in [6.07, 6.45) is 5.97. The van der Waals surface area contributed by atoms with Crippen molar-refractivity contribution in [1.29, 1.82) is 0 Å². The molecule has 3 rings (SSSR count). The van der Waals surface area contributed by atoms with Crippen LogP contribution in [0.25, 0.3) is 0 Å². The molecule has 2 aliphatic rings. The number of fused-ring (bicyclic) bond motifs is 1. The Morgan fingerprint density at radius 3 is 2.92 bits per heavy atom. The highest BCUT2D eigenvalue weighted by Crippen LogP contribution is 2.36. The van der Waals surface area contributed by atoms with Gasteiger partial charge in [0.15, 0.2) is 5.96 Å². The Bertz CT molecular complexity index is 619. The highest BCUT2D eigenvalue weighted by atomic mass is 127. The molecule has 1 aliphatic heterocycles. The minimum atomic E-state index is -0.247. The summed E-state index contributed by atoms with van der Waals surface area (Å²) >= 11 is 0. The molecule has 1 saturated carbocycles. The molecule has 0 amide bonds. The van der Waals surface area contributed by atoms with Crippen LogP contribution in [0.1, 0.15) is 57.6 Å². The molecule has 26 heavy (non-hydrogen) atoms. The summed E-state index contributed by atoms with van der Waals surface area (Å²) in [5, 5.41) is 21.7. The molecule has 1 aromatic rings. The predicted octanol–water partition coefficient (Wildman–Crippen LogP) is 2.02. The van der Waals surface area contributed by atoms with Crippen molar-refractivity contribution in [3.63, 3.8) is 0 Å². The van der Waals surface area contributed by atoms with Crippen LogP contribution in [-0.4, -0.2) is 51.1 Å². The summed E-state index contributed by atoms with van der Waals surface area (Å²) in [5.74, 6) is 2.76. The van der Waals surface area contributed by atoms with Crippen molar-refractivity contribution in [2.75, 3.05) is 13.1 Å². The second kappa shape index (κ2) is 9.34. The van der Waals surface area contributed by atoms with Crippen LogP contribution in [0, 0.1) is 12.3 Å². The van der Waals surface area contributed by atoms with Crippen molar-refractivity contribution in [3.05, 3.63) is 11.6 Å². The van der Waals surface area contributed by atoms with E-state index < -0.39 is 0 Å². The lowest BCUT2D eigenvalue weighted by Crippen LogP contribution is -2.48. The first-order valence-electron chi connectivity index (χ1n) is 9.63. The molecular formula is C18H33IN6O. The number of nitrogens with zero attached hydrogens (tertiary/aromatic N) is 4. The highest BCUT2D eigenvalue weighted by molar-refractivity contribution is 14.0. The number of aliphatic hydroxyl groups excluding tert-OH is 1. The van der Waals surface area contributed by atoms with E-state index in [4.69, 9.17) is 4.99 Å². The molecule has 1 aliphatic carbocycles. The molecule has 0 aromatic carbocycles. The number of guanidine groups is 1. The zero-order chi connectivity index (χ0) is 17.9. The average Bonchev–Trinajstić information content (AvgIpc) is 2.95. The third-order valence-corrected chi connectivity index (χ3v) is 5.53. The number of rotatable bonds is 4. The number of nitrogens with one attached hydrogen (secondary N) is 2. The van der Waals surface area contributed by atoms with Crippen LogP contribution in [0.3, 0.4) is 0 Å². The molecule has 1 fully saturated rings. The van der Waals surface area contributed by atoms with Crippen LogP contribution in [-0.2, 0) is 13.0 Å².